The Morgan fingerprint density at radius 3 is 2.82 bits per heavy atom. The Labute approximate surface area is 127 Å². The zero-order valence-corrected chi connectivity index (χ0v) is 12.3. The molecule has 116 valence electrons. The Bertz CT molecular complexity index is 707. The van der Waals surface area contributed by atoms with Crippen LogP contribution in [0.5, 0.6) is 0 Å². The molecule has 5 nitrogen and oxygen atoms in total. The standard InChI is InChI=1S/C16H18FN3O2/c1-11-12(15(22)18-9-16(10-21)6-7-16)8-19-20(11)14-5-3-2-4-13(14)17/h2-5,8,21H,6-7,9-10H2,1H3,(H,18,22). The topological polar surface area (TPSA) is 67.2 Å². The lowest BCUT2D eigenvalue weighted by molar-refractivity contribution is 0.0934. The number of hydrogen-bond donors (Lipinski definition) is 2. The van der Waals surface area contributed by atoms with Crippen LogP contribution in [-0.2, 0) is 0 Å². The van der Waals surface area contributed by atoms with Gasteiger partial charge >= 0.3 is 0 Å². The van der Waals surface area contributed by atoms with Gasteiger partial charge in [-0.15, -0.1) is 0 Å². The van der Waals surface area contributed by atoms with Crippen LogP contribution in [0, 0.1) is 18.2 Å². The van der Waals surface area contributed by atoms with Gasteiger partial charge in [0.25, 0.3) is 5.91 Å². The first kappa shape index (κ1) is 14.7. The Morgan fingerprint density at radius 1 is 1.45 bits per heavy atom. The van der Waals surface area contributed by atoms with E-state index in [-0.39, 0.29) is 17.9 Å². The molecule has 0 spiro atoms. The highest BCUT2D eigenvalue weighted by atomic mass is 19.1. The molecule has 1 aromatic carbocycles. The molecule has 6 heteroatoms. The maximum Gasteiger partial charge on any atom is 0.254 e. The molecular weight excluding hydrogens is 285 g/mol. The molecule has 1 fully saturated rings. The molecule has 1 aliphatic rings. The van der Waals surface area contributed by atoms with E-state index in [0.29, 0.717) is 23.5 Å². The molecular formula is C16H18FN3O2. The molecule has 3 rings (SSSR count). The van der Waals surface area contributed by atoms with Crippen LogP contribution in [0.3, 0.4) is 0 Å². The Morgan fingerprint density at radius 2 is 2.18 bits per heavy atom. The van der Waals surface area contributed by atoms with E-state index in [4.69, 9.17) is 0 Å². The van der Waals surface area contributed by atoms with Crippen LogP contribution in [0.25, 0.3) is 5.69 Å². The SMILES string of the molecule is Cc1c(C(=O)NCC2(CO)CC2)cnn1-c1ccccc1F. The lowest BCUT2D eigenvalue weighted by Crippen LogP contribution is -2.32. The van der Waals surface area contributed by atoms with Crippen molar-refractivity contribution in [3.8, 4) is 5.69 Å². The lowest BCUT2D eigenvalue weighted by Gasteiger charge is -2.12. The average Bonchev–Trinajstić information content (AvgIpc) is 3.22. The average molecular weight is 303 g/mol. The lowest BCUT2D eigenvalue weighted by atomic mass is 10.1. The minimum Gasteiger partial charge on any atom is -0.396 e. The summed E-state index contributed by atoms with van der Waals surface area (Å²) in [6.07, 6.45) is 3.30. The van der Waals surface area contributed by atoms with Gasteiger partial charge in [-0.1, -0.05) is 12.1 Å². The Hall–Kier alpha value is -2.21. The highest BCUT2D eigenvalue weighted by Gasteiger charge is 2.42. The number of hydrogen-bond acceptors (Lipinski definition) is 3. The molecule has 1 heterocycles. The van der Waals surface area contributed by atoms with Crippen LogP contribution < -0.4 is 5.32 Å². The summed E-state index contributed by atoms with van der Waals surface area (Å²) < 4.78 is 15.3. The van der Waals surface area contributed by atoms with Gasteiger partial charge in [0.1, 0.15) is 11.5 Å². The summed E-state index contributed by atoms with van der Waals surface area (Å²) >= 11 is 0. The maximum atomic E-state index is 13.8. The highest BCUT2D eigenvalue weighted by molar-refractivity contribution is 5.95. The Balaban J connectivity index is 1.78. The van der Waals surface area contributed by atoms with Crippen LogP contribution in [0.15, 0.2) is 30.5 Å². The van der Waals surface area contributed by atoms with Crippen molar-refractivity contribution in [2.75, 3.05) is 13.2 Å². The summed E-state index contributed by atoms with van der Waals surface area (Å²) in [5, 5.41) is 16.2. The fraction of sp³-hybridized carbons (Fsp3) is 0.375. The number of rotatable bonds is 5. The van der Waals surface area contributed by atoms with E-state index in [2.05, 4.69) is 10.4 Å². The van der Waals surface area contributed by atoms with E-state index in [1.165, 1.54) is 16.9 Å². The molecule has 1 aliphatic carbocycles. The molecule has 0 saturated heterocycles. The summed E-state index contributed by atoms with van der Waals surface area (Å²) in [5.41, 5.74) is 1.16. The van der Waals surface area contributed by atoms with Crippen molar-refractivity contribution in [3.63, 3.8) is 0 Å². The number of benzene rings is 1. The third-order valence-electron chi connectivity index (χ3n) is 4.25. The van der Waals surface area contributed by atoms with Crippen LogP contribution >= 0.6 is 0 Å². The molecule has 0 radical (unpaired) electrons. The molecule has 0 aliphatic heterocycles. The molecule has 0 atom stereocenters. The smallest absolute Gasteiger partial charge is 0.254 e. The van der Waals surface area contributed by atoms with Gasteiger partial charge in [0, 0.05) is 12.0 Å². The molecule has 22 heavy (non-hydrogen) atoms. The third kappa shape index (κ3) is 2.62. The molecule has 2 aromatic rings. The summed E-state index contributed by atoms with van der Waals surface area (Å²) in [6, 6.07) is 6.29. The molecule has 0 unspecified atom stereocenters. The summed E-state index contributed by atoms with van der Waals surface area (Å²) in [7, 11) is 0. The van der Waals surface area contributed by atoms with E-state index in [0.717, 1.165) is 12.8 Å². The van der Waals surface area contributed by atoms with Crippen LogP contribution in [-0.4, -0.2) is 33.9 Å². The molecule has 1 aromatic heterocycles. The number of nitrogens with zero attached hydrogens (tertiary/aromatic N) is 2. The van der Waals surface area contributed by atoms with Crippen molar-refractivity contribution in [1.29, 1.82) is 0 Å². The number of para-hydroxylation sites is 1. The van der Waals surface area contributed by atoms with Gasteiger partial charge in [-0.05, 0) is 31.9 Å². The second-order valence-electron chi connectivity index (χ2n) is 5.85. The first-order chi connectivity index (χ1) is 10.6. The number of aliphatic hydroxyl groups is 1. The zero-order valence-electron chi connectivity index (χ0n) is 12.3. The normalized spacial score (nSPS) is 15.6. The van der Waals surface area contributed by atoms with Gasteiger partial charge in [0.15, 0.2) is 0 Å². The number of carbonyl (C=O) groups excluding carboxylic acids is 1. The van der Waals surface area contributed by atoms with Crippen molar-refractivity contribution in [2.45, 2.75) is 19.8 Å². The van der Waals surface area contributed by atoms with Gasteiger partial charge in [-0.25, -0.2) is 9.07 Å². The predicted molar refractivity (Wildman–Crippen MR) is 79.3 cm³/mol. The maximum absolute atomic E-state index is 13.8. The van der Waals surface area contributed by atoms with Gasteiger partial charge in [-0.2, -0.15) is 5.10 Å². The number of aromatic nitrogens is 2. The van der Waals surface area contributed by atoms with Gasteiger partial charge in [0.05, 0.1) is 24.1 Å². The minimum absolute atomic E-state index is 0.0841. The van der Waals surface area contributed by atoms with E-state index >= 15 is 0 Å². The predicted octanol–water partition coefficient (Wildman–Crippen LogP) is 1.82. The Kier molecular flexibility index (Phi) is 3.70. The van der Waals surface area contributed by atoms with Crippen LogP contribution in [0.4, 0.5) is 4.39 Å². The molecule has 0 bridgehead atoms. The summed E-state index contributed by atoms with van der Waals surface area (Å²) in [6.45, 7) is 2.26. The van der Waals surface area contributed by atoms with Crippen molar-refractivity contribution in [2.24, 2.45) is 5.41 Å². The van der Waals surface area contributed by atoms with Crippen molar-refractivity contribution >= 4 is 5.91 Å². The molecule has 2 N–H and O–H groups in total. The second-order valence-corrected chi connectivity index (χ2v) is 5.85. The molecule has 1 amide bonds. The number of carbonyl (C=O) groups is 1. The van der Waals surface area contributed by atoms with Crippen LogP contribution in [0.2, 0.25) is 0 Å². The van der Waals surface area contributed by atoms with Crippen LogP contribution in [0.1, 0.15) is 28.9 Å². The van der Waals surface area contributed by atoms with E-state index in [1.807, 2.05) is 0 Å². The summed E-state index contributed by atoms with van der Waals surface area (Å²) in [5.74, 6) is -0.641. The highest BCUT2D eigenvalue weighted by Crippen LogP contribution is 2.44. The number of halogens is 1. The van der Waals surface area contributed by atoms with Crippen molar-refractivity contribution in [3.05, 3.63) is 47.5 Å². The number of amides is 1. The van der Waals surface area contributed by atoms with Gasteiger partial charge < -0.3 is 10.4 Å². The second kappa shape index (κ2) is 5.53. The minimum atomic E-state index is -0.391. The van der Waals surface area contributed by atoms with Crippen molar-refractivity contribution in [1.82, 2.24) is 15.1 Å². The number of nitrogens with one attached hydrogen (secondary N) is 1. The third-order valence-corrected chi connectivity index (χ3v) is 4.25. The van der Waals surface area contributed by atoms with E-state index < -0.39 is 5.82 Å². The monoisotopic (exact) mass is 303 g/mol. The van der Waals surface area contributed by atoms with Gasteiger partial charge in [0.2, 0.25) is 0 Å². The van der Waals surface area contributed by atoms with Gasteiger partial charge in [-0.3, -0.25) is 4.79 Å². The largest absolute Gasteiger partial charge is 0.396 e. The van der Waals surface area contributed by atoms with E-state index in [9.17, 15) is 14.3 Å². The zero-order chi connectivity index (χ0) is 15.7. The van der Waals surface area contributed by atoms with Crippen molar-refractivity contribution < 1.29 is 14.3 Å². The molecule has 1 saturated carbocycles. The number of aliphatic hydroxyl groups excluding tert-OH is 1. The first-order valence-electron chi connectivity index (χ1n) is 7.25. The first-order valence-corrected chi connectivity index (χ1v) is 7.25. The fourth-order valence-corrected chi connectivity index (χ4v) is 2.43. The quantitative estimate of drug-likeness (QED) is 0.885. The van der Waals surface area contributed by atoms with E-state index in [1.54, 1.807) is 25.1 Å². The fourth-order valence-electron chi connectivity index (χ4n) is 2.43. The summed E-state index contributed by atoms with van der Waals surface area (Å²) in [4.78, 5) is 12.2.